The lowest BCUT2D eigenvalue weighted by Crippen LogP contribution is -2.36. The molecule has 276 valence electrons. The number of halogens is 6. The Morgan fingerprint density at radius 3 is 1.40 bits per heavy atom. The molecular formula is C33H54F6O7S. The average Bonchev–Trinajstić information content (AvgIpc) is 3.44. The molecule has 0 aromatic rings. The predicted octanol–water partition coefficient (Wildman–Crippen LogP) is 10.1. The second-order valence-electron chi connectivity index (χ2n) is 13.5. The zero-order valence-electron chi connectivity index (χ0n) is 28.0. The highest BCUT2D eigenvalue weighted by atomic mass is 32.2. The van der Waals surface area contributed by atoms with Gasteiger partial charge in [0.05, 0.1) is 19.1 Å². The summed E-state index contributed by atoms with van der Waals surface area (Å²) in [5.41, 5.74) is -3.50. The van der Waals surface area contributed by atoms with Crippen LogP contribution >= 0.6 is 0 Å². The van der Waals surface area contributed by atoms with E-state index >= 15 is 0 Å². The van der Waals surface area contributed by atoms with Crippen LogP contribution in [-0.2, 0) is 29.4 Å². The summed E-state index contributed by atoms with van der Waals surface area (Å²) in [6, 6.07) is 0. The Morgan fingerprint density at radius 1 is 0.638 bits per heavy atom. The molecule has 6 unspecified atom stereocenters. The van der Waals surface area contributed by atoms with Crippen LogP contribution in [0.3, 0.4) is 0 Å². The lowest BCUT2D eigenvalue weighted by atomic mass is 9.70. The van der Waals surface area contributed by atoms with Gasteiger partial charge in [0.2, 0.25) is 0 Å². The Balaban J connectivity index is 1.37. The van der Waals surface area contributed by atoms with Crippen molar-refractivity contribution in [3.8, 4) is 0 Å². The fourth-order valence-corrected chi connectivity index (χ4v) is 8.07. The first-order valence-electron chi connectivity index (χ1n) is 17.3. The number of hydrogen-bond acceptors (Lipinski definition) is 6. The van der Waals surface area contributed by atoms with Crippen LogP contribution in [0.25, 0.3) is 0 Å². The molecule has 2 bridgehead atoms. The Morgan fingerprint density at radius 2 is 1.02 bits per heavy atom. The monoisotopic (exact) mass is 708 g/mol. The molecule has 2 saturated carbocycles. The van der Waals surface area contributed by atoms with Crippen LogP contribution < -0.4 is 0 Å². The van der Waals surface area contributed by atoms with Crippen molar-refractivity contribution in [3.63, 3.8) is 0 Å². The third-order valence-electron chi connectivity index (χ3n) is 10.2. The van der Waals surface area contributed by atoms with Crippen LogP contribution in [-0.4, -0.2) is 44.5 Å². The molecule has 0 aromatic carbocycles. The Bertz CT molecular complexity index is 1060. The van der Waals surface area contributed by atoms with Gasteiger partial charge in [0.1, 0.15) is 0 Å². The molecule has 0 radical (unpaired) electrons. The number of esters is 1. The molecule has 2 rings (SSSR count). The van der Waals surface area contributed by atoms with E-state index in [4.69, 9.17) is 9.29 Å². The summed E-state index contributed by atoms with van der Waals surface area (Å²) in [6.45, 7) is 6.93. The smallest absolute Gasteiger partial charge is 0.425 e. The van der Waals surface area contributed by atoms with Crippen molar-refractivity contribution in [1.82, 2.24) is 0 Å². The molecule has 14 heteroatoms. The first-order chi connectivity index (χ1) is 22.0. The van der Waals surface area contributed by atoms with Gasteiger partial charge in [0, 0.05) is 0 Å². The molecule has 2 aliphatic rings. The number of carbonyl (C=O) groups is 1. The number of hydrogen-bond donors (Lipinski definition) is 1. The normalized spacial score (nSPS) is 24.5. The van der Waals surface area contributed by atoms with Gasteiger partial charge in [-0.2, -0.15) is 39.6 Å². The van der Waals surface area contributed by atoms with Crippen molar-refractivity contribution in [2.45, 2.75) is 142 Å². The lowest BCUT2D eigenvalue weighted by Gasteiger charge is -2.35. The fraction of sp³-hybridized carbons (Fsp3) is 0.909. The Labute approximate surface area is 276 Å². The maximum absolute atomic E-state index is 12.7. The maximum Gasteiger partial charge on any atom is 0.425 e. The summed E-state index contributed by atoms with van der Waals surface area (Å²) < 4.78 is 113. The number of fused-ring (bicyclic) bond motifs is 2. The number of rotatable bonds is 23. The Kier molecular flexibility index (Phi) is 17.4. The van der Waals surface area contributed by atoms with Gasteiger partial charge in [-0.05, 0) is 48.9 Å². The molecule has 0 aromatic heterocycles. The van der Waals surface area contributed by atoms with Gasteiger partial charge in [-0.25, -0.2) is 0 Å². The second-order valence-corrected chi connectivity index (χ2v) is 14.9. The molecule has 0 heterocycles. The molecule has 0 aliphatic heterocycles. The van der Waals surface area contributed by atoms with Gasteiger partial charge in [0.25, 0.3) is 5.09 Å². The highest BCUT2D eigenvalue weighted by Gasteiger charge is 2.57. The van der Waals surface area contributed by atoms with E-state index in [1.165, 1.54) is 38.5 Å². The van der Waals surface area contributed by atoms with Crippen LogP contribution in [0.2, 0.25) is 0 Å². The van der Waals surface area contributed by atoms with E-state index in [-0.39, 0.29) is 18.3 Å². The minimum Gasteiger partial charge on any atom is -0.465 e. The first-order valence-corrected chi connectivity index (χ1v) is 18.7. The molecule has 2 aliphatic carbocycles. The number of allylic oxidation sites excluding steroid dienone is 1. The second kappa shape index (κ2) is 19.6. The predicted molar refractivity (Wildman–Crippen MR) is 165 cm³/mol. The van der Waals surface area contributed by atoms with Crippen molar-refractivity contribution >= 4 is 16.1 Å². The minimum atomic E-state index is -6.14. The molecular weight excluding hydrogens is 654 g/mol. The number of ether oxygens (including phenoxy) is 1. The molecule has 0 spiro atoms. The third-order valence-corrected chi connectivity index (χ3v) is 10.9. The summed E-state index contributed by atoms with van der Waals surface area (Å²) >= 11 is 0. The van der Waals surface area contributed by atoms with Crippen molar-refractivity contribution in [2.75, 3.05) is 13.2 Å². The van der Waals surface area contributed by atoms with Gasteiger partial charge in [-0.3, -0.25) is 9.35 Å². The van der Waals surface area contributed by atoms with E-state index in [9.17, 15) is 39.6 Å². The maximum atomic E-state index is 12.7. The summed E-state index contributed by atoms with van der Waals surface area (Å²) in [6.07, 6.45) is 4.93. The van der Waals surface area contributed by atoms with Crippen LogP contribution in [0.1, 0.15) is 130 Å². The van der Waals surface area contributed by atoms with Crippen molar-refractivity contribution in [2.24, 2.45) is 35.5 Å². The van der Waals surface area contributed by atoms with Gasteiger partial charge in [-0.15, -0.1) is 0 Å². The van der Waals surface area contributed by atoms with Gasteiger partial charge in [-0.1, -0.05) is 111 Å². The zero-order chi connectivity index (χ0) is 35.3. The van der Waals surface area contributed by atoms with E-state index in [0.717, 1.165) is 57.8 Å². The van der Waals surface area contributed by atoms with Crippen molar-refractivity contribution < 1.29 is 58.6 Å². The summed E-state index contributed by atoms with van der Waals surface area (Å²) in [7, 11) is -5.98. The highest BCUT2D eigenvalue weighted by molar-refractivity contribution is 7.89. The standard InChI is InChI=1S/C33H54F6O7S/c1-23-24(2)27-22-26(23)25(3)28(27)30(40)44-20-18-16-14-12-10-8-6-4-5-7-9-11-13-15-17-19-21-45-46-31(47(41,42)43)29(32(34,35)36)33(37,38)39/h23-28H,4-22H2,1-3H3,(H,41,42,43). The number of alkyl halides is 6. The molecule has 0 amide bonds. The molecule has 1 N–H and O–H groups in total. The van der Waals surface area contributed by atoms with Gasteiger partial charge < -0.3 is 9.62 Å². The molecule has 7 nitrogen and oxygen atoms in total. The topological polar surface area (TPSA) is 99.1 Å². The summed E-state index contributed by atoms with van der Waals surface area (Å²) in [5, 5.41) is -2.73. The average molecular weight is 709 g/mol. The Hall–Kier alpha value is -1.54. The molecule has 0 saturated heterocycles. The van der Waals surface area contributed by atoms with Crippen LogP contribution in [0.4, 0.5) is 26.3 Å². The van der Waals surface area contributed by atoms with Crippen LogP contribution in [0.15, 0.2) is 10.7 Å². The number of unbranched alkanes of at least 4 members (excludes halogenated alkanes) is 15. The first kappa shape index (κ1) is 41.6. The van der Waals surface area contributed by atoms with E-state index in [2.05, 4.69) is 30.5 Å². The molecule has 47 heavy (non-hydrogen) atoms. The quantitative estimate of drug-likeness (QED) is 0.0215. The third kappa shape index (κ3) is 13.7. The van der Waals surface area contributed by atoms with Crippen LogP contribution in [0, 0.1) is 35.5 Å². The van der Waals surface area contributed by atoms with E-state index in [0.29, 0.717) is 42.6 Å². The van der Waals surface area contributed by atoms with Crippen molar-refractivity contribution in [3.05, 3.63) is 10.7 Å². The van der Waals surface area contributed by atoms with E-state index in [1.807, 2.05) is 0 Å². The van der Waals surface area contributed by atoms with Crippen LogP contribution in [0.5, 0.6) is 0 Å². The highest BCUT2D eigenvalue weighted by Crippen LogP contribution is 2.58. The summed E-state index contributed by atoms with van der Waals surface area (Å²) in [5.74, 6) is 3.05. The zero-order valence-corrected chi connectivity index (χ0v) is 28.8. The fourth-order valence-electron chi connectivity index (χ4n) is 7.44. The lowest BCUT2D eigenvalue weighted by molar-refractivity contribution is -0.263. The van der Waals surface area contributed by atoms with Crippen molar-refractivity contribution in [1.29, 1.82) is 0 Å². The minimum absolute atomic E-state index is 0.0266. The SMILES string of the molecule is CC1C(C)C2CC1C(C)C2C(=O)OCCCCCCCCCCCCCCCCCCOOC(=C(C(F)(F)F)C(F)(F)F)S(=O)(=O)O. The van der Waals surface area contributed by atoms with Gasteiger partial charge >= 0.3 is 28.4 Å². The molecule has 6 atom stereocenters. The van der Waals surface area contributed by atoms with E-state index in [1.54, 1.807) is 0 Å². The molecule has 2 fully saturated rings. The number of carbonyl (C=O) groups excluding carboxylic acids is 1. The van der Waals surface area contributed by atoms with E-state index < -0.39 is 39.7 Å². The summed E-state index contributed by atoms with van der Waals surface area (Å²) in [4.78, 5) is 20.7. The largest absolute Gasteiger partial charge is 0.465 e. The van der Waals surface area contributed by atoms with Gasteiger partial charge in [0.15, 0.2) is 5.57 Å².